The van der Waals surface area contributed by atoms with E-state index in [1.807, 2.05) is 40.0 Å². The van der Waals surface area contributed by atoms with Gasteiger partial charge in [-0.2, -0.15) is 0 Å². The first-order valence-corrected chi connectivity index (χ1v) is 8.94. The fraction of sp³-hybridized carbons (Fsp3) is 0.467. The number of amides is 1. The van der Waals surface area contributed by atoms with Gasteiger partial charge in [-0.1, -0.05) is 32.5 Å². The lowest BCUT2D eigenvalue weighted by molar-refractivity contribution is -0.128. The molecule has 2 rings (SSSR count). The third-order valence-corrected chi connectivity index (χ3v) is 5.20. The van der Waals surface area contributed by atoms with E-state index >= 15 is 0 Å². The van der Waals surface area contributed by atoms with Gasteiger partial charge >= 0.3 is 0 Å². The molecule has 1 N–H and O–H groups in total. The topological polar surface area (TPSA) is 76.9 Å². The van der Waals surface area contributed by atoms with Gasteiger partial charge in [0, 0.05) is 17.3 Å². The molecule has 0 spiro atoms. The third-order valence-electron chi connectivity index (χ3n) is 3.04. The summed E-state index contributed by atoms with van der Waals surface area (Å²) < 4.78 is 1.78. The molecule has 0 saturated heterocycles. The average molecular weight is 352 g/mol. The molecule has 0 aliphatic rings. The van der Waals surface area contributed by atoms with Crippen LogP contribution in [0.3, 0.4) is 0 Å². The van der Waals surface area contributed by atoms with Crippen molar-refractivity contribution in [3.8, 4) is 0 Å². The number of rotatable bonds is 6. The lowest BCUT2D eigenvalue weighted by Gasteiger charge is -2.17. The number of thiophene rings is 1. The van der Waals surface area contributed by atoms with E-state index in [-0.39, 0.29) is 11.7 Å². The third kappa shape index (κ3) is 4.90. The molecule has 0 bridgehead atoms. The minimum atomic E-state index is -0.414. The number of carbonyl (C=O) groups excluding carboxylic acids is 2. The minimum Gasteiger partial charge on any atom is -0.351 e. The maximum absolute atomic E-state index is 12.2. The van der Waals surface area contributed by atoms with Crippen LogP contribution in [0.1, 0.15) is 35.3 Å². The molecule has 1 amide bonds. The lowest BCUT2D eigenvalue weighted by atomic mass is 9.96. The second-order valence-corrected chi connectivity index (χ2v) is 8.25. The molecule has 0 radical (unpaired) electrons. The SMILES string of the molecule is Cn1cnnc1SCC(=O)c1ccc(CNC(=O)C(C)(C)C)s1. The van der Waals surface area contributed by atoms with Crippen molar-refractivity contribution in [2.75, 3.05) is 5.75 Å². The number of carbonyl (C=O) groups is 2. The fourth-order valence-electron chi connectivity index (χ4n) is 1.66. The molecule has 2 heterocycles. The van der Waals surface area contributed by atoms with E-state index in [1.54, 1.807) is 10.9 Å². The number of aromatic nitrogens is 3. The Hall–Kier alpha value is -1.67. The highest BCUT2D eigenvalue weighted by molar-refractivity contribution is 7.99. The first-order valence-electron chi connectivity index (χ1n) is 7.14. The van der Waals surface area contributed by atoms with Gasteiger partial charge in [-0.05, 0) is 12.1 Å². The van der Waals surface area contributed by atoms with Gasteiger partial charge in [-0.15, -0.1) is 21.5 Å². The number of aryl methyl sites for hydroxylation is 1. The van der Waals surface area contributed by atoms with Gasteiger partial charge in [-0.3, -0.25) is 9.59 Å². The van der Waals surface area contributed by atoms with Crippen LogP contribution in [0.15, 0.2) is 23.6 Å². The molecule has 124 valence electrons. The molecule has 0 aromatic carbocycles. The number of hydrogen-bond donors (Lipinski definition) is 1. The molecule has 8 heteroatoms. The number of Topliss-reactive ketones (excluding diaryl/α,β-unsaturated/α-hetero) is 1. The molecule has 0 aliphatic heterocycles. The van der Waals surface area contributed by atoms with Gasteiger partial charge < -0.3 is 9.88 Å². The van der Waals surface area contributed by atoms with Crippen LogP contribution in [-0.4, -0.2) is 32.2 Å². The molecular weight excluding hydrogens is 332 g/mol. The Morgan fingerprint density at radius 2 is 2.09 bits per heavy atom. The van der Waals surface area contributed by atoms with Crippen molar-refractivity contribution in [3.63, 3.8) is 0 Å². The van der Waals surface area contributed by atoms with E-state index in [2.05, 4.69) is 15.5 Å². The number of nitrogens with zero attached hydrogens (tertiary/aromatic N) is 3. The maximum Gasteiger partial charge on any atom is 0.225 e. The zero-order valence-electron chi connectivity index (χ0n) is 13.6. The summed E-state index contributed by atoms with van der Waals surface area (Å²) in [5, 5.41) is 11.3. The summed E-state index contributed by atoms with van der Waals surface area (Å²) in [5.74, 6) is 0.369. The molecule has 0 fully saturated rings. The quantitative estimate of drug-likeness (QED) is 0.638. The van der Waals surface area contributed by atoms with Crippen LogP contribution in [-0.2, 0) is 18.4 Å². The lowest BCUT2D eigenvalue weighted by Crippen LogP contribution is -2.34. The van der Waals surface area contributed by atoms with E-state index in [1.165, 1.54) is 23.1 Å². The summed E-state index contributed by atoms with van der Waals surface area (Å²) in [7, 11) is 1.84. The van der Waals surface area contributed by atoms with E-state index in [0.717, 1.165) is 4.88 Å². The summed E-state index contributed by atoms with van der Waals surface area (Å²) in [4.78, 5) is 25.7. The van der Waals surface area contributed by atoms with Crippen molar-refractivity contribution in [3.05, 3.63) is 28.2 Å². The van der Waals surface area contributed by atoms with Crippen molar-refractivity contribution in [1.29, 1.82) is 0 Å². The molecule has 2 aromatic heterocycles. The van der Waals surface area contributed by atoms with Crippen molar-refractivity contribution in [2.24, 2.45) is 12.5 Å². The predicted octanol–water partition coefficient (Wildman–Crippen LogP) is 2.51. The average Bonchev–Trinajstić information content (AvgIpc) is 3.10. The second-order valence-electron chi connectivity index (χ2n) is 6.13. The normalized spacial score (nSPS) is 11.5. The number of ketones is 1. The first-order chi connectivity index (χ1) is 10.8. The van der Waals surface area contributed by atoms with Gasteiger partial charge in [-0.25, -0.2) is 0 Å². The van der Waals surface area contributed by atoms with Crippen LogP contribution in [0, 0.1) is 5.41 Å². The predicted molar refractivity (Wildman–Crippen MR) is 91.7 cm³/mol. The molecule has 6 nitrogen and oxygen atoms in total. The van der Waals surface area contributed by atoms with Crippen LogP contribution in [0.5, 0.6) is 0 Å². The highest BCUT2D eigenvalue weighted by atomic mass is 32.2. The first kappa shape index (κ1) is 17.7. The Labute approximate surface area is 143 Å². The Morgan fingerprint density at radius 3 is 2.70 bits per heavy atom. The van der Waals surface area contributed by atoms with Crippen LogP contribution in [0.25, 0.3) is 0 Å². The Bertz CT molecular complexity index is 700. The van der Waals surface area contributed by atoms with E-state index in [0.29, 0.717) is 22.3 Å². The Kier molecular flexibility index (Phi) is 5.59. The van der Waals surface area contributed by atoms with Crippen LogP contribution in [0.2, 0.25) is 0 Å². The maximum atomic E-state index is 12.2. The Balaban J connectivity index is 1.87. The van der Waals surface area contributed by atoms with Crippen LogP contribution in [0.4, 0.5) is 0 Å². The van der Waals surface area contributed by atoms with Crippen molar-refractivity contribution in [2.45, 2.75) is 32.5 Å². The summed E-state index contributed by atoms with van der Waals surface area (Å²) >= 11 is 2.78. The molecule has 0 aliphatic carbocycles. The molecular formula is C15H20N4O2S2. The monoisotopic (exact) mass is 352 g/mol. The number of hydrogen-bond acceptors (Lipinski definition) is 6. The second kappa shape index (κ2) is 7.27. The number of nitrogens with one attached hydrogen (secondary N) is 1. The van der Waals surface area contributed by atoms with Gasteiger partial charge in [0.05, 0.1) is 17.2 Å². The van der Waals surface area contributed by atoms with Crippen molar-refractivity contribution < 1.29 is 9.59 Å². The minimum absolute atomic E-state index is 0.00313. The van der Waals surface area contributed by atoms with Gasteiger partial charge in [0.15, 0.2) is 10.9 Å². The largest absolute Gasteiger partial charge is 0.351 e. The smallest absolute Gasteiger partial charge is 0.225 e. The summed E-state index contributed by atoms with van der Waals surface area (Å²) in [6, 6.07) is 3.69. The van der Waals surface area contributed by atoms with Crippen molar-refractivity contribution in [1.82, 2.24) is 20.1 Å². The van der Waals surface area contributed by atoms with E-state index in [4.69, 9.17) is 0 Å². The Morgan fingerprint density at radius 1 is 1.35 bits per heavy atom. The van der Waals surface area contributed by atoms with Gasteiger partial charge in [0.2, 0.25) is 5.91 Å². The zero-order valence-corrected chi connectivity index (χ0v) is 15.3. The van der Waals surface area contributed by atoms with Crippen molar-refractivity contribution >= 4 is 34.8 Å². The molecule has 23 heavy (non-hydrogen) atoms. The van der Waals surface area contributed by atoms with E-state index in [9.17, 15) is 9.59 Å². The molecule has 0 saturated carbocycles. The van der Waals surface area contributed by atoms with Gasteiger partial charge in [0.1, 0.15) is 6.33 Å². The summed E-state index contributed by atoms with van der Waals surface area (Å²) in [6.45, 7) is 6.06. The summed E-state index contributed by atoms with van der Waals surface area (Å²) in [5.41, 5.74) is -0.414. The molecule has 0 unspecified atom stereocenters. The van der Waals surface area contributed by atoms with Crippen LogP contribution >= 0.6 is 23.1 Å². The molecule has 0 atom stereocenters. The highest BCUT2D eigenvalue weighted by Gasteiger charge is 2.21. The highest BCUT2D eigenvalue weighted by Crippen LogP contribution is 2.21. The van der Waals surface area contributed by atoms with Gasteiger partial charge in [0.25, 0.3) is 0 Å². The summed E-state index contributed by atoms with van der Waals surface area (Å²) in [6.07, 6.45) is 1.61. The molecule has 2 aromatic rings. The van der Waals surface area contributed by atoms with Crippen LogP contribution < -0.4 is 5.32 Å². The van der Waals surface area contributed by atoms with E-state index < -0.39 is 5.41 Å². The standard InChI is InChI=1S/C15H20N4O2S2/c1-15(2,3)13(21)16-7-10-5-6-12(23-10)11(20)8-22-14-18-17-9-19(14)4/h5-6,9H,7-8H2,1-4H3,(H,16,21). The zero-order chi connectivity index (χ0) is 17.0. The number of thioether (sulfide) groups is 1. The fourth-order valence-corrected chi connectivity index (χ4v) is 3.41.